The number of nitrogens with zero attached hydrogens (tertiary/aromatic N) is 1. The normalized spacial score (nSPS) is 15.2. The topological polar surface area (TPSA) is 80.8 Å². The first-order chi connectivity index (χ1) is 15.0. The van der Waals surface area contributed by atoms with Gasteiger partial charge in [0.1, 0.15) is 0 Å². The molecule has 1 amide bonds. The lowest BCUT2D eigenvalue weighted by Crippen LogP contribution is -2.40. The first-order valence-electron chi connectivity index (χ1n) is 10.4. The molecule has 1 aliphatic heterocycles. The number of carbonyl (C=O) groups excluding carboxylic acids is 2. The van der Waals surface area contributed by atoms with E-state index in [1.807, 2.05) is 30.3 Å². The van der Waals surface area contributed by atoms with E-state index in [4.69, 9.17) is 4.74 Å². The average Bonchev–Trinajstić information content (AvgIpc) is 2.81. The highest BCUT2D eigenvalue weighted by atomic mass is 32.2. The summed E-state index contributed by atoms with van der Waals surface area (Å²) in [7, 11) is -3.37. The highest BCUT2D eigenvalue weighted by Crippen LogP contribution is 2.19. The number of hydrogen-bond acceptors (Lipinski definition) is 5. The van der Waals surface area contributed by atoms with Crippen LogP contribution in [0.25, 0.3) is 6.08 Å². The second kappa shape index (κ2) is 10.9. The molecule has 31 heavy (non-hydrogen) atoms. The second-order valence-electron chi connectivity index (χ2n) is 7.50. The van der Waals surface area contributed by atoms with Crippen LogP contribution in [0.2, 0.25) is 0 Å². The fourth-order valence-corrected chi connectivity index (χ4v) is 4.76. The summed E-state index contributed by atoms with van der Waals surface area (Å²) in [6.07, 6.45) is 4.69. The van der Waals surface area contributed by atoms with Crippen LogP contribution in [-0.2, 0) is 24.2 Å². The summed E-state index contributed by atoms with van der Waals surface area (Å²) in [6, 6.07) is 17.9. The van der Waals surface area contributed by atoms with Crippen molar-refractivity contribution >= 4 is 27.8 Å². The van der Waals surface area contributed by atoms with Gasteiger partial charge in [-0.25, -0.2) is 8.42 Å². The minimum atomic E-state index is -3.37. The zero-order valence-corrected chi connectivity index (χ0v) is 18.2. The van der Waals surface area contributed by atoms with Crippen LogP contribution >= 0.6 is 0 Å². The lowest BCUT2D eigenvalue weighted by Gasteiger charge is -2.30. The second-order valence-corrected chi connectivity index (χ2v) is 9.61. The number of piperidine rings is 1. The molecule has 0 radical (unpaired) electrons. The molecule has 1 fully saturated rings. The number of carbonyl (C=O) groups is 2. The van der Waals surface area contributed by atoms with Gasteiger partial charge in [0.2, 0.25) is 5.91 Å². The van der Waals surface area contributed by atoms with E-state index < -0.39 is 9.84 Å². The number of benzene rings is 2. The van der Waals surface area contributed by atoms with Crippen LogP contribution in [0.1, 0.15) is 24.8 Å². The molecule has 2 aromatic carbocycles. The molecule has 0 saturated carbocycles. The van der Waals surface area contributed by atoms with Crippen molar-refractivity contribution < 1.29 is 22.7 Å². The molecule has 0 bridgehead atoms. The summed E-state index contributed by atoms with van der Waals surface area (Å²) in [6.45, 7) is 1.07. The maximum atomic E-state index is 12.3. The third-order valence-corrected chi connectivity index (χ3v) is 7.08. The molecule has 0 aromatic heterocycles. The molecule has 0 N–H and O–H groups in total. The Balaban J connectivity index is 1.37. The third-order valence-electron chi connectivity index (χ3n) is 5.26. The van der Waals surface area contributed by atoms with Crippen LogP contribution in [0.5, 0.6) is 0 Å². The number of sulfone groups is 1. The average molecular weight is 442 g/mol. The van der Waals surface area contributed by atoms with Crippen molar-refractivity contribution in [3.63, 3.8) is 0 Å². The quantitative estimate of drug-likeness (QED) is 0.357. The van der Waals surface area contributed by atoms with Gasteiger partial charge in [-0.15, -0.1) is 0 Å². The molecule has 0 spiro atoms. The summed E-state index contributed by atoms with van der Waals surface area (Å²) >= 11 is 0. The predicted octanol–water partition coefficient (Wildman–Crippen LogP) is 3.35. The number of rotatable bonds is 8. The minimum Gasteiger partial charge on any atom is -0.465 e. The van der Waals surface area contributed by atoms with Gasteiger partial charge in [-0.2, -0.15) is 0 Å². The third kappa shape index (κ3) is 6.79. The monoisotopic (exact) mass is 441 g/mol. The van der Waals surface area contributed by atoms with E-state index in [-0.39, 0.29) is 41.5 Å². The van der Waals surface area contributed by atoms with E-state index >= 15 is 0 Å². The van der Waals surface area contributed by atoms with Crippen molar-refractivity contribution in [2.24, 2.45) is 5.92 Å². The van der Waals surface area contributed by atoms with E-state index in [0.29, 0.717) is 25.9 Å². The maximum Gasteiger partial charge on any atom is 0.309 e. The number of esters is 1. The van der Waals surface area contributed by atoms with E-state index in [9.17, 15) is 18.0 Å². The van der Waals surface area contributed by atoms with Crippen molar-refractivity contribution in [3.8, 4) is 0 Å². The molecule has 7 heteroatoms. The molecule has 1 heterocycles. The molecule has 0 aliphatic carbocycles. The maximum absolute atomic E-state index is 12.3. The number of likely N-dealkylation sites (tertiary alicyclic amines) is 1. The molecule has 0 atom stereocenters. The minimum absolute atomic E-state index is 0.0645. The Morgan fingerprint density at radius 3 is 2.23 bits per heavy atom. The molecule has 1 saturated heterocycles. The Kier molecular flexibility index (Phi) is 8.00. The van der Waals surface area contributed by atoms with Crippen molar-refractivity contribution in [1.29, 1.82) is 0 Å². The SMILES string of the molecule is O=C(OCCCS(=O)(=O)c1ccccc1)C1CCN(C(=O)C=Cc2ccccc2)CC1. The van der Waals surface area contributed by atoms with Gasteiger partial charge in [0, 0.05) is 19.2 Å². The Bertz CT molecular complexity index is 995. The lowest BCUT2D eigenvalue weighted by atomic mass is 9.97. The van der Waals surface area contributed by atoms with Gasteiger partial charge in [0.15, 0.2) is 9.84 Å². The summed E-state index contributed by atoms with van der Waals surface area (Å²) in [5.74, 6) is -0.705. The van der Waals surface area contributed by atoms with E-state index in [0.717, 1.165) is 5.56 Å². The van der Waals surface area contributed by atoms with Crippen LogP contribution in [0.4, 0.5) is 0 Å². The number of ether oxygens (including phenoxy) is 1. The van der Waals surface area contributed by atoms with Crippen LogP contribution < -0.4 is 0 Å². The Morgan fingerprint density at radius 1 is 0.968 bits per heavy atom. The molecule has 3 rings (SSSR count). The zero-order chi connectivity index (χ0) is 22.1. The fourth-order valence-electron chi connectivity index (χ4n) is 3.46. The molecule has 1 aliphatic rings. The van der Waals surface area contributed by atoms with Gasteiger partial charge in [-0.1, -0.05) is 48.5 Å². The molecular weight excluding hydrogens is 414 g/mol. The smallest absolute Gasteiger partial charge is 0.309 e. The van der Waals surface area contributed by atoms with Crippen molar-refractivity contribution in [3.05, 3.63) is 72.3 Å². The van der Waals surface area contributed by atoms with Crippen molar-refractivity contribution in [2.45, 2.75) is 24.2 Å². The van der Waals surface area contributed by atoms with Crippen LogP contribution in [-0.4, -0.2) is 50.6 Å². The zero-order valence-electron chi connectivity index (χ0n) is 17.4. The highest BCUT2D eigenvalue weighted by Gasteiger charge is 2.27. The summed E-state index contributed by atoms with van der Waals surface area (Å²) in [4.78, 5) is 26.6. The standard InChI is InChI=1S/C24H27NO5S/c26-23(13-12-20-8-3-1-4-9-20)25-16-14-21(15-17-25)24(27)30-18-7-19-31(28,29)22-10-5-2-6-11-22/h1-6,8-13,21H,7,14-19H2. The molecular formula is C24H27NO5S. The predicted molar refractivity (Wildman–Crippen MR) is 119 cm³/mol. The first kappa shape index (κ1) is 22.7. The number of hydrogen-bond donors (Lipinski definition) is 0. The molecule has 6 nitrogen and oxygen atoms in total. The Labute approximate surface area is 183 Å². The highest BCUT2D eigenvalue weighted by molar-refractivity contribution is 7.91. The van der Waals surface area contributed by atoms with Crippen LogP contribution in [0, 0.1) is 5.92 Å². The van der Waals surface area contributed by atoms with E-state index in [2.05, 4.69) is 0 Å². The Hall–Kier alpha value is -2.93. The van der Waals surface area contributed by atoms with E-state index in [1.54, 1.807) is 47.4 Å². The van der Waals surface area contributed by atoms with Crippen molar-refractivity contribution in [1.82, 2.24) is 4.90 Å². The summed E-state index contributed by atoms with van der Waals surface area (Å²) < 4.78 is 29.8. The lowest BCUT2D eigenvalue weighted by molar-refractivity contribution is -0.151. The summed E-state index contributed by atoms with van der Waals surface area (Å²) in [5, 5.41) is 0. The van der Waals surface area contributed by atoms with E-state index in [1.165, 1.54) is 0 Å². The summed E-state index contributed by atoms with van der Waals surface area (Å²) in [5.41, 5.74) is 0.962. The fraction of sp³-hybridized carbons (Fsp3) is 0.333. The first-order valence-corrected chi connectivity index (χ1v) is 12.1. The molecule has 0 unspecified atom stereocenters. The van der Waals surface area contributed by atoms with Crippen LogP contribution in [0.3, 0.4) is 0 Å². The van der Waals surface area contributed by atoms with Gasteiger partial charge in [-0.3, -0.25) is 9.59 Å². The van der Waals surface area contributed by atoms with Gasteiger partial charge >= 0.3 is 5.97 Å². The molecule has 164 valence electrons. The van der Waals surface area contributed by atoms with Gasteiger partial charge < -0.3 is 9.64 Å². The van der Waals surface area contributed by atoms with Crippen molar-refractivity contribution in [2.75, 3.05) is 25.4 Å². The molecule has 2 aromatic rings. The Morgan fingerprint density at radius 2 is 1.58 bits per heavy atom. The van der Waals surface area contributed by atoms with Crippen LogP contribution in [0.15, 0.2) is 71.6 Å². The van der Waals surface area contributed by atoms with Gasteiger partial charge in [0.25, 0.3) is 0 Å². The van der Waals surface area contributed by atoms with Gasteiger partial charge in [0.05, 0.1) is 23.2 Å². The van der Waals surface area contributed by atoms with Gasteiger partial charge in [-0.05, 0) is 43.0 Å². The number of amides is 1. The largest absolute Gasteiger partial charge is 0.465 e.